The van der Waals surface area contributed by atoms with Crippen LogP contribution in [0.1, 0.15) is 13.8 Å². The fraction of sp³-hybridized carbons (Fsp3) is 0.800. The lowest BCUT2D eigenvalue weighted by Crippen LogP contribution is -1.90. The van der Waals surface area contributed by atoms with Crippen LogP contribution in [0.4, 0.5) is 0 Å². The summed E-state index contributed by atoms with van der Waals surface area (Å²) < 4.78 is 0.708. The SMILES string of the molecule is CSC(=N)SC(C)C. The fourth-order valence-electron chi connectivity index (χ4n) is 0.262. The predicted molar refractivity (Wildman–Crippen MR) is 44.0 cm³/mol. The van der Waals surface area contributed by atoms with E-state index in [1.165, 1.54) is 11.8 Å². The van der Waals surface area contributed by atoms with Gasteiger partial charge in [-0.05, 0) is 6.26 Å². The van der Waals surface area contributed by atoms with Crippen molar-refractivity contribution in [3.63, 3.8) is 0 Å². The Morgan fingerprint density at radius 1 is 1.50 bits per heavy atom. The van der Waals surface area contributed by atoms with E-state index >= 15 is 0 Å². The minimum atomic E-state index is 0.551. The molecule has 0 aliphatic rings. The van der Waals surface area contributed by atoms with E-state index in [0.29, 0.717) is 9.63 Å². The summed E-state index contributed by atoms with van der Waals surface area (Å²) in [4.78, 5) is 0. The summed E-state index contributed by atoms with van der Waals surface area (Å²) in [5.74, 6) is 0. The van der Waals surface area contributed by atoms with Crippen molar-refractivity contribution in [3.8, 4) is 0 Å². The van der Waals surface area contributed by atoms with E-state index in [1.54, 1.807) is 11.8 Å². The van der Waals surface area contributed by atoms with Gasteiger partial charge in [0, 0.05) is 5.25 Å². The van der Waals surface area contributed by atoms with Gasteiger partial charge in [-0.1, -0.05) is 25.6 Å². The molecule has 0 aromatic carbocycles. The first-order valence-electron chi connectivity index (χ1n) is 2.46. The largest absolute Gasteiger partial charge is 0.288 e. The Kier molecular flexibility index (Phi) is 4.47. The number of nitrogens with one attached hydrogen (secondary N) is 1. The molecule has 0 heterocycles. The van der Waals surface area contributed by atoms with Crippen LogP contribution in [0.25, 0.3) is 0 Å². The molecule has 0 atom stereocenters. The van der Waals surface area contributed by atoms with Crippen LogP contribution >= 0.6 is 23.5 Å². The summed E-state index contributed by atoms with van der Waals surface area (Å²) in [6, 6.07) is 0. The van der Waals surface area contributed by atoms with E-state index in [0.717, 1.165) is 0 Å². The highest BCUT2D eigenvalue weighted by Crippen LogP contribution is 2.16. The van der Waals surface area contributed by atoms with E-state index in [4.69, 9.17) is 5.41 Å². The van der Waals surface area contributed by atoms with Crippen molar-refractivity contribution in [2.75, 3.05) is 6.26 Å². The topological polar surface area (TPSA) is 23.9 Å². The summed E-state index contributed by atoms with van der Waals surface area (Å²) in [5, 5.41) is 7.74. The summed E-state index contributed by atoms with van der Waals surface area (Å²) in [6.07, 6.45) is 1.93. The number of hydrogen-bond acceptors (Lipinski definition) is 3. The quantitative estimate of drug-likeness (QED) is 0.457. The standard InChI is InChI=1S/C5H11NS2/c1-4(2)8-5(6)7-3/h4,6H,1-3H3. The molecule has 0 aliphatic heterocycles. The van der Waals surface area contributed by atoms with Crippen LogP contribution in [0.3, 0.4) is 0 Å². The average molecular weight is 149 g/mol. The first-order valence-corrected chi connectivity index (χ1v) is 4.56. The maximum atomic E-state index is 7.19. The van der Waals surface area contributed by atoms with Gasteiger partial charge < -0.3 is 0 Å². The van der Waals surface area contributed by atoms with E-state index in [1.807, 2.05) is 6.26 Å². The third kappa shape index (κ3) is 4.53. The van der Waals surface area contributed by atoms with Crippen LogP contribution in [0.2, 0.25) is 0 Å². The highest BCUT2D eigenvalue weighted by atomic mass is 32.2. The van der Waals surface area contributed by atoms with E-state index < -0.39 is 0 Å². The molecule has 48 valence electrons. The van der Waals surface area contributed by atoms with Crippen LogP contribution in [-0.2, 0) is 0 Å². The summed E-state index contributed by atoms with van der Waals surface area (Å²) in [5.41, 5.74) is 0. The third-order valence-electron chi connectivity index (χ3n) is 0.528. The van der Waals surface area contributed by atoms with Crippen LogP contribution in [-0.4, -0.2) is 15.9 Å². The van der Waals surface area contributed by atoms with Crippen LogP contribution in [0, 0.1) is 5.41 Å². The monoisotopic (exact) mass is 149 g/mol. The van der Waals surface area contributed by atoms with Gasteiger partial charge in [0.2, 0.25) is 0 Å². The number of hydrogen-bond donors (Lipinski definition) is 1. The second-order valence-corrected chi connectivity index (χ2v) is 4.32. The predicted octanol–water partition coefficient (Wildman–Crippen LogP) is 2.43. The van der Waals surface area contributed by atoms with E-state index in [9.17, 15) is 0 Å². The van der Waals surface area contributed by atoms with Crippen molar-refractivity contribution >= 4 is 27.9 Å². The average Bonchev–Trinajstić information content (AvgIpc) is 1.65. The second-order valence-electron chi connectivity index (χ2n) is 1.66. The van der Waals surface area contributed by atoms with Gasteiger partial charge >= 0.3 is 0 Å². The molecule has 0 saturated heterocycles. The Morgan fingerprint density at radius 2 is 2.00 bits per heavy atom. The Morgan fingerprint density at radius 3 is 2.12 bits per heavy atom. The Labute approximate surface area is 59.1 Å². The zero-order valence-corrected chi connectivity index (χ0v) is 7.03. The maximum Gasteiger partial charge on any atom is 0.121 e. The summed E-state index contributed by atoms with van der Waals surface area (Å²) in [6.45, 7) is 4.19. The van der Waals surface area contributed by atoms with Gasteiger partial charge in [-0.25, -0.2) is 0 Å². The molecule has 1 nitrogen and oxygen atoms in total. The molecule has 0 fully saturated rings. The third-order valence-corrected chi connectivity index (χ3v) is 2.37. The van der Waals surface area contributed by atoms with Gasteiger partial charge in [-0.2, -0.15) is 0 Å². The minimum Gasteiger partial charge on any atom is -0.288 e. The Balaban J connectivity index is 3.25. The zero-order valence-electron chi connectivity index (χ0n) is 5.39. The van der Waals surface area contributed by atoms with Crippen molar-refractivity contribution in [1.82, 2.24) is 0 Å². The molecular formula is C5H11NS2. The first kappa shape index (κ1) is 8.37. The molecule has 0 aliphatic carbocycles. The lowest BCUT2D eigenvalue weighted by Gasteiger charge is -2.00. The van der Waals surface area contributed by atoms with Crippen molar-refractivity contribution in [2.45, 2.75) is 19.1 Å². The molecule has 0 saturated carbocycles. The molecular weight excluding hydrogens is 138 g/mol. The van der Waals surface area contributed by atoms with Gasteiger partial charge in [0.05, 0.1) is 0 Å². The van der Waals surface area contributed by atoms with E-state index in [-0.39, 0.29) is 0 Å². The van der Waals surface area contributed by atoms with Crippen molar-refractivity contribution in [1.29, 1.82) is 5.41 Å². The van der Waals surface area contributed by atoms with Gasteiger partial charge in [-0.3, -0.25) is 5.41 Å². The highest BCUT2D eigenvalue weighted by Gasteiger charge is 1.97. The van der Waals surface area contributed by atoms with Gasteiger partial charge in [-0.15, -0.1) is 11.8 Å². The molecule has 8 heavy (non-hydrogen) atoms. The Hall–Kier alpha value is 0.370. The lowest BCUT2D eigenvalue weighted by atomic mass is 10.6. The minimum absolute atomic E-state index is 0.551. The van der Waals surface area contributed by atoms with Crippen molar-refractivity contribution < 1.29 is 0 Å². The molecule has 0 aromatic rings. The highest BCUT2D eigenvalue weighted by molar-refractivity contribution is 8.38. The van der Waals surface area contributed by atoms with Crippen molar-refractivity contribution in [3.05, 3.63) is 0 Å². The molecule has 0 amide bonds. The molecule has 0 radical (unpaired) electrons. The lowest BCUT2D eigenvalue weighted by molar-refractivity contribution is 1.12. The molecule has 1 N–H and O–H groups in total. The molecule has 0 unspecified atom stereocenters. The van der Waals surface area contributed by atoms with Crippen molar-refractivity contribution in [2.24, 2.45) is 0 Å². The molecule has 3 heteroatoms. The van der Waals surface area contributed by atoms with Crippen LogP contribution in [0.15, 0.2) is 0 Å². The fourth-order valence-corrected chi connectivity index (χ4v) is 1.65. The molecule has 0 bridgehead atoms. The molecule has 0 rings (SSSR count). The summed E-state index contributed by atoms with van der Waals surface area (Å²) >= 11 is 3.10. The normalized spacial score (nSPS) is 10.0. The maximum absolute atomic E-state index is 7.19. The van der Waals surface area contributed by atoms with Gasteiger partial charge in [0.25, 0.3) is 0 Å². The number of thioether (sulfide) groups is 2. The van der Waals surface area contributed by atoms with Crippen LogP contribution < -0.4 is 0 Å². The molecule has 0 spiro atoms. The Bertz CT molecular complexity index is 80.5. The number of rotatable bonds is 1. The van der Waals surface area contributed by atoms with Crippen LogP contribution in [0.5, 0.6) is 0 Å². The molecule has 0 aromatic heterocycles. The zero-order chi connectivity index (χ0) is 6.57. The first-order chi connectivity index (χ1) is 3.66. The van der Waals surface area contributed by atoms with Gasteiger partial charge in [0.1, 0.15) is 4.38 Å². The van der Waals surface area contributed by atoms with Gasteiger partial charge in [0.15, 0.2) is 0 Å². The van der Waals surface area contributed by atoms with E-state index in [2.05, 4.69) is 13.8 Å². The smallest absolute Gasteiger partial charge is 0.121 e. The summed E-state index contributed by atoms with van der Waals surface area (Å²) in [7, 11) is 0. The second kappa shape index (κ2) is 4.27.